The molecule has 0 radical (unpaired) electrons. The largest absolute Gasteiger partial charge is 0.309 e. The second-order valence-electron chi connectivity index (χ2n) is 3.06. The first-order chi connectivity index (χ1) is 6.92. The first-order valence-corrected chi connectivity index (χ1v) is 5.45. The van der Waals surface area contributed by atoms with Gasteiger partial charge in [-0.25, -0.2) is 0 Å². The van der Waals surface area contributed by atoms with Crippen molar-refractivity contribution in [2.75, 3.05) is 7.05 Å². The molecule has 2 aromatic heterocycles. The summed E-state index contributed by atoms with van der Waals surface area (Å²) >= 11 is 1.72. The molecule has 0 aliphatic heterocycles. The van der Waals surface area contributed by atoms with Crippen molar-refractivity contribution in [1.82, 2.24) is 10.3 Å². The van der Waals surface area contributed by atoms with Crippen LogP contribution in [0.15, 0.2) is 41.4 Å². The third-order valence-electron chi connectivity index (χ3n) is 2.18. The summed E-state index contributed by atoms with van der Waals surface area (Å²) in [4.78, 5) is 4.13. The molecule has 0 aromatic carbocycles. The molecule has 0 saturated heterocycles. The molecule has 2 rings (SSSR count). The van der Waals surface area contributed by atoms with Crippen LogP contribution >= 0.6 is 11.3 Å². The van der Waals surface area contributed by atoms with Crippen LogP contribution in [-0.4, -0.2) is 12.0 Å². The lowest BCUT2D eigenvalue weighted by Gasteiger charge is -2.14. The summed E-state index contributed by atoms with van der Waals surface area (Å²) in [6.45, 7) is 0. The smallest absolute Gasteiger partial charge is 0.0597 e. The van der Waals surface area contributed by atoms with E-state index >= 15 is 0 Å². The zero-order valence-corrected chi connectivity index (χ0v) is 8.79. The molecule has 0 saturated carbocycles. The predicted molar refractivity (Wildman–Crippen MR) is 59.5 cm³/mol. The van der Waals surface area contributed by atoms with Crippen molar-refractivity contribution in [3.8, 4) is 0 Å². The summed E-state index contributed by atoms with van der Waals surface area (Å²) < 4.78 is 0. The molecule has 0 spiro atoms. The highest BCUT2D eigenvalue weighted by Crippen LogP contribution is 2.22. The molecular weight excluding hydrogens is 192 g/mol. The van der Waals surface area contributed by atoms with Crippen molar-refractivity contribution in [2.24, 2.45) is 0 Å². The molecular formula is C11H12N2S. The summed E-state index contributed by atoms with van der Waals surface area (Å²) in [6, 6.07) is 6.45. The number of hydrogen-bond donors (Lipinski definition) is 1. The number of aromatic nitrogens is 1. The molecule has 2 heterocycles. The number of hydrogen-bond acceptors (Lipinski definition) is 3. The molecule has 1 atom stereocenters. The molecule has 1 unspecified atom stereocenters. The van der Waals surface area contributed by atoms with Gasteiger partial charge in [0, 0.05) is 12.4 Å². The van der Waals surface area contributed by atoms with Crippen LogP contribution < -0.4 is 5.32 Å². The van der Waals surface area contributed by atoms with Gasteiger partial charge in [-0.15, -0.1) is 0 Å². The summed E-state index contributed by atoms with van der Waals surface area (Å²) in [5.74, 6) is 0. The maximum absolute atomic E-state index is 4.13. The average molecular weight is 204 g/mol. The van der Waals surface area contributed by atoms with Gasteiger partial charge in [-0.1, -0.05) is 6.07 Å². The zero-order chi connectivity index (χ0) is 9.80. The summed E-state index contributed by atoms with van der Waals surface area (Å²) in [6.07, 6.45) is 3.70. The Bertz CT molecular complexity index is 369. The van der Waals surface area contributed by atoms with Gasteiger partial charge in [0.1, 0.15) is 0 Å². The van der Waals surface area contributed by atoms with Gasteiger partial charge in [-0.3, -0.25) is 4.98 Å². The summed E-state index contributed by atoms with van der Waals surface area (Å²) in [5.41, 5.74) is 2.50. The van der Waals surface area contributed by atoms with E-state index in [-0.39, 0.29) is 6.04 Å². The minimum Gasteiger partial charge on any atom is -0.309 e. The van der Waals surface area contributed by atoms with E-state index < -0.39 is 0 Å². The maximum atomic E-state index is 4.13. The predicted octanol–water partition coefficient (Wildman–Crippen LogP) is 2.45. The Morgan fingerprint density at radius 2 is 2.29 bits per heavy atom. The monoisotopic (exact) mass is 204 g/mol. The Labute approximate surface area is 87.6 Å². The minimum atomic E-state index is 0.259. The van der Waals surface area contributed by atoms with Crippen molar-refractivity contribution >= 4 is 11.3 Å². The number of rotatable bonds is 3. The molecule has 0 aliphatic rings. The lowest BCUT2D eigenvalue weighted by atomic mass is 10.0. The number of thiophene rings is 1. The fraction of sp³-hybridized carbons (Fsp3) is 0.182. The Hall–Kier alpha value is -1.19. The second kappa shape index (κ2) is 4.35. The molecule has 0 fully saturated rings. The molecule has 0 bridgehead atoms. The first-order valence-electron chi connectivity index (χ1n) is 4.51. The fourth-order valence-corrected chi connectivity index (χ4v) is 2.20. The van der Waals surface area contributed by atoms with E-state index in [1.165, 1.54) is 11.1 Å². The first kappa shape index (κ1) is 9.37. The maximum Gasteiger partial charge on any atom is 0.0597 e. The van der Waals surface area contributed by atoms with Crippen LogP contribution in [0.25, 0.3) is 0 Å². The molecule has 2 nitrogen and oxygen atoms in total. The van der Waals surface area contributed by atoms with Gasteiger partial charge in [0.05, 0.1) is 6.04 Å². The quantitative estimate of drug-likeness (QED) is 0.830. The van der Waals surface area contributed by atoms with Crippen molar-refractivity contribution in [3.05, 3.63) is 52.5 Å². The third-order valence-corrected chi connectivity index (χ3v) is 2.88. The Balaban J connectivity index is 2.31. The number of nitrogens with zero attached hydrogens (tertiary/aromatic N) is 1. The van der Waals surface area contributed by atoms with E-state index in [1.807, 2.05) is 19.3 Å². The van der Waals surface area contributed by atoms with Gasteiger partial charge >= 0.3 is 0 Å². The Morgan fingerprint density at radius 1 is 1.36 bits per heavy atom. The average Bonchev–Trinajstić information content (AvgIpc) is 2.74. The standard InChI is InChI=1S/C11H12N2S/c1-12-11(10-4-6-14-8-10)9-3-2-5-13-7-9/h2-8,11-12H,1H3. The van der Waals surface area contributed by atoms with E-state index in [9.17, 15) is 0 Å². The van der Waals surface area contributed by atoms with Crippen molar-refractivity contribution in [2.45, 2.75) is 6.04 Å². The van der Waals surface area contributed by atoms with Gasteiger partial charge in [-0.2, -0.15) is 11.3 Å². The lowest BCUT2D eigenvalue weighted by Crippen LogP contribution is -2.16. The molecule has 72 valence electrons. The van der Waals surface area contributed by atoms with Gasteiger partial charge in [-0.05, 0) is 41.1 Å². The van der Waals surface area contributed by atoms with E-state index in [0.717, 1.165) is 0 Å². The van der Waals surface area contributed by atoms with Crippen LogP contribution in [0.2, 0.25) is 0 Å². The van der Waals surface area contributed by atoms with Crippen molar-refractivity contribution < 1.29 is 0 Å². The molecule has 14 heavy (non-hydrogen) atoms. The van der Waals surface area contributed by atoms with Crippen LogP contribution in [0, 0.1) is 0 Å². The van der Waals surface area contributed by atoms with E-state index in [0.29, 0.717) is 0 Å². The van der Waals surface area contributed by atoms with Crippen molar-refractivity contribution in [3.63, 3.8) is 0 Å². The van der Waals surface area contributed by atoms with Crippen LogP contribution in [0.5, 0.6) is 0 Å². The van der Waals surface area contributed by atoms with Crippen LogP contribution in [0.1, 0.15) is 17.2 Å². The van der Waals surface area contributed by atoms with Gasteiger partial charge in [0.15, 0.2) is 0 Å². The second-order valence-corrected chi connectivity index (χ2v) is 3.84. The lowest BCUT2D eigenvalue weighted by molar-refractivity contribution is 0.691. The molecule has 3 heteroatoms. The van der Waals surface area contributed by atoms with Gasteiger partial charge in [0.2, 0.25) is 0 Å². The molecule has 0 aliphatic carbocycles. The highest BCUT2D eigenvalue weighted by molar-refractivity contribution is 7.08. The molecule has 1 N–H and O–H groups in total. The van der Waals surface area contributed by atoms with Crippen molar-refractivity contribution in [1.29, 1.82) is 0 Å². The Kier molecular flexibility index (Phi) is 2.91. The summed E-state index contributed by atoms with van der Waals surface area (Å²) in [5, 5.41) is 7.54. The Morgan fingerprint density at radius 3 is 2.86 bits per heavy atom. The van der Waals surface area contributed by atoms with Crippen LogP contribution in [0.3, 0.4) is 0 Å². The topological polar surface area (TPSA) is 24.9 Å². The zero-order valence-electron chi connectivity index (χ0n) is 7.97. The SMILES string of the molecule is CNC(c1cccnc1)c1ccsc1. The van der Waals surface area contributed by atoms with E-state index in [2.05, 4.69) is 33.2 Å². The molecule has 2 aromatic rings. The minimum absolute atomic E-state index is 0.259. The number of nitrogens with one attached hydrogen (secondary N) is 1. The number of pyridine rings is 1. The van der Waals surface area contributed by atoms with Crippen LogP contribution in [0.4, 0.5) is 0 Å². The van der Waals surface area contributed by atoms with Crippen LogP contribution in [-0.2, 0) is 0 Å². The van der Waals surface area contributed by atoms with Gasteiger partial charge < -0.3 is 5.32 Å². The summed E-state index contributed by atoms with van der Waals surface area (Å²) in [7, 11) is 1.97. The highest BCUT2D eigenvalue weighted by atomic mass is 32.1. The molecule has 0 amide bonds. The van der Waals surface area contributed by atoms with Gasteiger partial charge in [0.25, 0.3) is 0 Å². The third kappa shape index (κ3) is 1.84. The highest BCUT2D eigenvalue weighted by Gasteiger charge is 2.11. The normalized spacial score (nSPS) is 12.6. The van der Waals surface area contributed by atoms with E-state index in [1.54, 1.807) is 17.5 Å². The fourth-order valence-electron chi connectivity index (χ4n) is 1.51. The van der Waals surface area contributed by atoms with E-state index in [4.69, 9.17) is 0 Å².